The Bertz CT molecular complexity index is 1620. The highest BCUT2D eigenvalue weighted by atomic mass is 16.7. The van der Waals surface area contributed by atoms with Crippen molar-refractivity contribution in [3.8, 4) is 0 Å². The molecule has 0 saturated carbocycles. The van der Waals surface area contributed by atoms with Crippen LogP contribution < -0.4 is 5.73 Å². The normalized spacial score (nSPS) is 42.3. The Morgan fingerprint density at radius 1 is 0.708 bits per heavy atom. The summed E-state index contributed by atoms with van der Waals surface area (Å²) in [5.41, 5.74) is 6.03. The molecule has 0 aliphatic carbocycles. The van der Waals surface area contributed by atoms with Crippen molar-refractivity contribution in [2.24, 2.45) is 23.5 Å². The number of rotatable bonds is 3. The summed E-state index contributed by atoms with van der Waals surface area (Å²) < 4.78 is 23.3. The highest BCUT2D eigenvalue weighted by molar-refractivity contribution is 5.72. The van der Waals surface area contributed by atoms with E-state index < -0.39 is 141 Å². The molecule has 0 radical (unpaired) electrons. The van der Waals surface area contributed by atoms with Crippen LogP contribution >= 0.6 is 0 Å². The smallest absolute Gasteiger partial charge is 0.311 e. The molecule has 2 bridgehead atoms. The molecule has 18 nitrogen and oxygen atoms in total. The van der Waals surface area contributed by atoms with Gasteiger partial charge in [-0.2, -0.15) is 0 Å². The molecule has 65 heavy (non-hydrogen) atoms. The minimum atomic E-state index is -2.42. The Morgan fingerprint density at radius 3 is 1.94 bits per heavy atom. The fraction of sp³-hybridized carbons (Fsp3) is 0.702. The highest BCUT2D eigenvalue weighted by Gasteiger charge is 2.54. The monoisotopic (exact) mass is 926 g/mol. The Morgan fingerprint density at radius 2 is 1.29 bits per heavy atom. The van der Waals surface area contributed by atoms with Crippen LogP contribution in [0.5, 0.6) is 0 Å². The van der Waals surface area contributed by atoms with Gasteiger partial charge in [0.25, 0.3) is 0 Å². The number of hydrogen-bond donors (Lipinski definition) is 12. The maximum absolute atomic E-state index is 12.6. The molecule has 0 aromatic rings. The average molecular weight is 926 g/mol. The Hall–Kier alpha value is -3.18. The number of aliphatic hydroxyl groups is 10. The molecular weight excluding hydrogens is 851 g/mol. The van der Waals surface area contributed by atoms with Crippen molar-refractivity contribution in [2.45, 2.75) is 189 Å². The molecule has 3 aliphatic heterocycles. The van der Waals surface area contributed by atoms with Crippen LogP contribution in [-0.4, -0.2) is 166 Å². The third-order valence-corrected chi connectivity index (χ3v) is 12.3. The minimum absolute atomic E-state index is 0.111. The molecule has 3 aliphatic rings. The topological polar surface area (TPSA) is 320 Å². The van der Waals surface area contributed by atoms with Crippen molar-refractivity contribution in [1.29, 1.82) is 0 Å². The summed E-state index contributed by atoms with van der Waals surface area (Å²) in [6.45, 7) is 6.75. The van der Waals surface area contributed by atoms with Crippen LogP contribution in [0.2, 0.25) is 0 Å². The van der Waals surface area contributed by atoms with Crippen molar-refractivity contribution in [2.75, 3.05) is 0 Å². The molecule has 3 heterocycles. The lowest BCUT2D eigenvalue weighted by Crippen LogP contribution is -2.63. The van der Waals surface area contributed by atoms with Gasteiger partial charge in [-0.3, -0.25) is 9.59 Å². The third-order valence-electron chi connectivity index (χ3n) is 12.3. The van der Waals surface area contributed by atoms with Gasteiger partial charge < -0.3 is 80.9 Å². The van der Waals surface area contributed by atoms with Gasteiger partial charge in [-0.25, -0.2) is 0 Å². The highest BCUT2D eigenvalue weighted by Crippen LogP contribution is 2.39. The van der Waals surface area contributed by atoms with Gasteiger partial charge in [-0.05, 0) is 58.8 Å². The lowest BCUT2D eigenvalue weighted by Gasteiger charge is -2.47. The molecule has 18 heteroatoms. The second kappa shape index (κ2) is 27.6. The molecule has 0 aromatic heterocycles. The van der Waals surface area contributed by atoms with Gasteiger partial charge in [-0.15, -0.1) is 0 Å². The number of allylic oxidation sites excluding steroid dienone is 10. The maximum atomic E-state index is 12.6. The first-order chi connectivity index (χ1) is 30.6. The van der Waals surface area contributed by atoms with Gasteiger partial charge in [0.15, 0.2) is 12.1 Å². The number of carboxylic acid groups (broad SMARTS) is 1. The van der Waals surface area contributed by atoms with Gasteiger partial charge in [0.1, 0.15) is 24.2 Å². The largest absolute Gasteiger partial charge is 0.481 e. The molecule has 0 spiro atoms. The predicted octanol–water partition coefficient (Wildman–Crippen LogP) is 0.936. The number of aliphatic hydroxyl groups excluding tert-OH is 9. The molecular formula is C47H75NO17. The van der Waals surface area contributed by atoms with Crippen LogP contribution in [0.15, 0.2) is 72.9 Å². The van der Waals surface area contributed by atoms with Crippen molar-refractivity contribution >= 4 is 11.9 Å². The number of carboxylic acids is 1. The zero-order chi connectivity index (χ0) is 48.4. The number of carbonyl (C=O) groups excluding carboxylic acids is 1. The van der Waals surface area contributed by atoms with Gasteiger partial charge >= 0.3 is 11.9 Å². The zero-order valence-corrected chi connectivity index (χ0v) is 37.8. The Kier molecular flexibility index (Phi) is 23.8. The van der Waals surface area contributed by atoms with E-state index in [-0.39, 0.29) is 38.0 Å². The van der Waals surface area contributed by atoms with Crippen molar-refractivity contribution < 1.29 is 84.7 Å². The molecule has 3 rings (SSSR count). The summed E-state index contributed by atoms with van der Waals surface area (Å²) in [6.07, 6.45) is 1.78. The molecule has 370 valence electrons. The third kappa shape index (κ3) is 18.4. The standard InChI is InChI=1S/C47H75NO17/c1-27-18-16-14-12-10-8-6-5-7-9-11-13-15-17-19-37(64-46-43(58)40(48)42(57)30(4)63-46)44-39(45(59)60)36(54)26-47(61,65-44)25-35(53)34(52)21-20-31(49)22-32(50)23-33(51)24-38(55)62-29(3)28(2)41(27)56/h5-7,9,11-18,27-37,39-44,46,49-54,56-58,61H,8,10,19-26,48H2,1-4H3,(H,59,60)/t27-,28-,29-,30+,31+,32+,33+,34-,35+,36-,37-,39+,40-,41+,42+,43-,44-,46+,47+/m0/s1. The van der Waals surface area contributed by atoms with Crippen molar-refractivity contribution in [3.63, 3.8) is 0 Å². The zero-order valence-electron chi connectivity index (χ0n) is 37.8. The minimum Gasteiger partial charge on any atom is -0.481 e. The van der Waals surface area contributed by atoms with Gasteiger partial charge in [0, 0.05) is 24.7 Å². The number of nitrogens with two attached hydrogens (primary N) is 1. The van der Waals surface area contributed by atoms with Crippen LogP contribution in [-0.2, 0) is 28.5 Å². The summed E-state index contributed by atoms with van der Waals surface area (Å²) in [4.78, 5) is 25.2. The Balaban J connectivity index is 1.85. The Labute approximate surface area is 381 Å². The first-order valence-electron chi connectivity index (χ1n) is 22.6. The first-order valence-corrected chi connectivity index (χ1v) is 22.6. The summed E-state index contributed by atoms with van der Waals surface area (Å²) >= 11 is 0. The molecule has 2 saturated heterocycles. The summed E-state index contributed by atoms with van der Waals surface area (Å²) in [6, 6.07) is -1.20. The van der Waals surface area contributed by atoms with Crippen molar-refractivity contribution in [1.82, 2.24) is 0 Å². The summed E-state index contributed by atoms with van der Waals surface area (Å²) in [5.74, 6) is -7.03. The van der Waals surface area contributed by atoms with Gasteiger partial charge in [0.2, 0.25) is 0 Å². The van der Waals surface area contributed by atoms with E-state index in [1.165, 1.54) is 6.92 Å². The second-order valence-electron chi connectivity index (χ2n) is 17.8. The first kappa shape index (κ1) is 56.1. The second-order valence-corrected chi connectivity index (χ2v) is 17.8. The summed E-state index contributed by atoms with van der Waals surface area (Å²) in [5, 5.41) is 119. The van der Waals surface area contributed by atoms with Crippen LogP contribution in [0.25, 0.3) is 0 Å². The average Bonchev–Trinajstić information content (AvgIpc) is 3.22. The van der Waals surface area contributed by atoms with E-state index in [0.29, 0.717) is 0 Å². The van der Waals surface area contributed by atoms with E-state index in [9.17, 15) is 65.8 Å². The van der Waals surface area contributed by atoms with E-state index in [2.05, 4.69) is 0 Å². The number of aliphatic carboxylic acids is 1. The summed E-state index contributed by atoms with van der Waals surface area (Å²) in [7, 11) is 0. The van der Waals surface area contributed by atoms with E-state index in [4.69, 9.17) is 24.7 Å². The van der Waals surface area contributed by atoms with E-state index in [1.807, 2.05) is 49.5 Å². The van der Waals surface area contributed by atoms with E-state index in [0.717, 1.165) is 12.8 Å². The van der Waals surface area contributed by atoms with E-state index in [1.54, 1.807) is 44.2 Å². The molecule has 0 aromatic carbocycles. The lowest BCUT2D eigenvalue weighted by atomic mass is 9.82. The van der Waals surface area contributed by atoms with Crippen LogP contribution in [0.1, 0.15) is 91.9 Å². The molecule has 0 amide bonds. The van der Waals surface area contributed by atoms with Crippen LogP contribution in [0.4, 0.5) is 0 Å². The fourth-order valence-electron chi connectivity index (χ4n) is 8.11. The number of fused-ring (bicyclic) bond motifs is 2. The maximum Gasteiger partial charge on any atom is 0.311 e. The van der Waals surface area contributed by atoms with Gasteiger partial charge in [-0.1, -0.05) is 86.8 Å². The predicted molar refractivity (Wildman–Crippen MR) is 237 cm³/mol. The van der Waals surface area contributed by atoms with E-state index >= 15 is 0 Å². The molecule has 13 N–H and O–H groups in total. The molecule has 0 unspecified atom stereocenters. The van der Waals surface area contributed by atoms with Crippen LogP contribution in [0, 0.1) is 17.8 Å². The SMILES string of the molecule is C[C@@H]1[C@H](O)[C@@H](C)C=CC=CCCC=CC=CC=CC=CC[C@H](O[C@H]2O[C@H](C)[C@@H](O)[C@H](N)[C@@H]2O)[C@@H]2O[C@](O)(C[C@@H](O)[C@@H](O)CC[C@@H](O)C[C@@H](O)C[C@@H](O)CC(=O)O[C@H]1C)C[C@H](O)[C@H]2C(=O)O. The number of hydrogen-bond acceptors (Lipinski definition) is 17. The fourth-order valence-corrected chi connectivity index (χ4v) is 8.11. The number of cyclic esters (lactones) is 1. The van der Waals surface area contributed by atoms with Crippen LogP contribution in [0.3, 0.4) is 0 Å². The van der Waals surface area contributed by atoms with Gasteiger partial charge in [0.05, 0.1) is 73.5 Å². The van der Waals surface area contributed by atoms with Crippen molar-refractivity contribution in [3.05, 3.63) is 72.9 Å². The number of ether oxygens (including phenoxy) is 4. The number of esters is 1. The molecule has 19 atom stereocenters. The quantitative estimate of drug-likeness (QED) is 0.175. The lowest BCUT2D eigenvalue weighted by molar-refractivity contribution is -0.339. The molecule has 2 fully saturated rings. The number of carbonyl (C=O) groups is 2.